The maximum atomic E-state index is 13.6. The van der Waals surface area contributed by atoms with Crippen molar-refractivity contribution in [3.05, 3.63) is 59.4 Å². The summed E-state index contributed by atoms with van der Waals surface area (Å²) in [5.41, 5.74) is -1.46. The van der Waals surface area contributed by atoms with Crippen LogP contribution in [0.5, 0.6) is 11.5 Å². The normalized spacial score (nSPS) is 11.2. The lowest BCUT2D eigenvalue weighted by Crippen LogP contribution is -2.05. The van der Waals surface area contributed by atoms with Crippen LogP contribution in [0.25, 0.3) is 0 Å². The van der Waals surface area contributed by atoms with Crippen LogP contribution in [-0.4, -0.2) is 11.1 Å². The topological polar surface area (TPSA) is 46.5 Å². The van der Waals surface area contributed by atoms with Gasteiger partial charge in [-0.25, -0.2) is 9.18 Å². The molecule has 110 valence electrons. The van der Waals surface area contributed by atoms with E-state index >= 15 is 0 Å². The molecule has 0 bridgehead atoms. The van der Waals surface area contributed by atoms with E-state index in [1.807, 2.05) is 0 Å². The van der Waals surface area contributed by atoms with E-state index in [9.17, 15) is 22.4 Å². The zero-order chi connectivity index (χ0) is 15.6. The summed E-state index contributed by atoms with van der Waals surface area (Å²) in [4.78, 5) is 11.0. The summed E-state index contributed by atoms with van der Waals surface area (Å²) in [6, 6.07) is 6.96. The van der Waals surface area contributed by atoms with Crippen LogP contribution in [0.1, 0.15) is 15.9 Å². The number of benzene rings is 2. The largest absolute Gasteiger partial charge is 0.478 e. The Morgan fingerprint density at radius 2 is 1.76 bits per heavy atom. The van der Waals surface area contributed by atoms with Gasteiger partial charge >= 0.3 is 12.1 Å². The van der Waals surface area contributed by atoms with Gasteiger partial charge in [0.2, 0.25) is 0 Å². The number of hydrogen-bond donors (Lipinski definition) is 1. The van der Waals surface area contributed by atoms with Gasteiger partial charge in [-0.05, 0) is 30.3 Å². The molecule has 0 spiro atoms. The molecule has 0 saturated carbocycles. The van der Waals surface area contributed by atoms with Crippen LogP contribution >= 0.6 is 0 Å². The Morgan fingerprint density at radius 3 is 2.38 bits per heavy atom. The van der Waals surface area contributed by atoms with Gasteiger partial charge in [0, 0.05) is 0 Å². The van der Waals surface area contributed by atoms with Gasteiger partial charge in [-0.3, -0.25) is 0 Å². The number of carboxylic acid groups (broad SMARTS) is 1. The number of carbonyl (C=O) groups is 1. The Morgan fingerprint density at radius 1 is 1.10 bits per heavy atom. The van der Waals surface area contributed by atoms with Crippen molar-refractivity contribution in [3.63, 3.8) is 0 Å². The van der Waals surface area contributed by atoms with Crippen molar-refractivity contribution >= 4 is 5.97 Å². The fourth-order valence-corrected chi connectivity index (χ4v) is 1.63. The fraction of sp³-hybridized carbons (Fsp3) is 0.0714. The molecular weight excluding hydrogens is 292 g/mol. The summed E-state index contributed by atoms with van der Waals surface area (Å²) in [5.74, 6) is -3.37. The van der Waals surface area contributed by atoms with Gasteiger partial charge < -0.3 is 9.84 Å². The zero-order valence-electron chi connectivity index (χ0n) is 10.3. The third-order valence-electron chi connectivity index (χ3n) is 2.58. The molecule has 0 radical (unpaired) electrons. The number of hydrogen-bond acceptors (Lipinski definition) is 2. The number of aromatic carboxylic acids is 1. The summed E-state index contributed by atoms with van der Waals surface area (Å²) in [6.07, 6.45) is -4.58. The van der Waals surface area contributed by atoms with Gasteiger partial charge in [0.1, 0.15) is 11.3 Å². The predicted octanol–water partition coefficient (Wildman–Crippen LogP) is 4.34. The summed E-state index contributed by atoms with van der Waals surface area (Å²) in [6.45, 7) is 0. The van der Waals surface area contributed by atoms with Crippen molar-refractivity contribution in [1.29, 1.82) is 0 Å². The van der Waals surface area contributed by atoms with Crippen molar-refractivity contribution in [1.82, 2.24) is 0 Å². The van der Waals surface area contributed by atoms with E-state index in [4.69, 9.17) is 9.84 Å². The van der Waals surface area contributed by atoms with Crippen molar-refractivity contribution in [2.75, 3.05) is 0 Å². The first-order valence-corrected chi connectivity index (χ1v) is 5.66. The van der Waals surface area contributed by atoms with Crippen LogP contribution in [0.4, 0.5) is 17.6 Å². The van der Waals surface area contributed by atoms with E-state index in [1.54, 1.807) is 0 Å². The Balaban J connectivity index is 2.42. The molecule has 2 aromatic carbocycles. The molecule has 0 aliphatic rings. The first-order valence-electron chi connectivity index (χ1n) is 5.66. The van der Waals surface area contributed by atoms with Crippen molar-refractivity contribution < 1.29 is 32.2 Å². The predicted molar refractivity (Wildman–Crippen MR) is 64.9 cm³/mol. The minimum absolute atomic E-state index is 0.308. The van der Waals surface area contributed by atoms with Crippen LogP contribution in [-0.2, 0) is 6.18 Å². The second-order valence-corrected chi connectivity index (χ2v) is 4.05. The van der Waals surface area contributed by atoms with Gasteiger partial charge in [-0.1, -0.05) is 12.1 Å². The van der Waals surface area contributed by atoms with Gasteiger partial charge in [0.15, 0.2) is 11.6 Å². The molecule has 0 aliphatic heterocycles. The lowest BCUT2D eigenvalue weighted by Gasteiger charge is -2.12. The highest BCUT2D eigenvalue weighted by Gasteiger charge is 2.30. The maximum absolute atomic E-state index is 13.6. The lowest BCUT2D eigenvalue weighted by molar-refractivity contribution is -0.137. The smallest absolute Gasteiger partial charge is 0.416 e. The van der Waals surface area contributed by atoms with Gasteiger partial charge in [0.25, 0.3) is 0 Å². The van der Waals surface area contributed by atoms with Crippen LogP contribution in [0.2, 0.25) is 0 Å². The lowest BCUT2D eigenvalue weighted by atomic mass is 10.2. The summed E-state index contributed by atoms with van der Waals surface area (Å²) >= 11 is 0. The standard InChI is InChI=1S/C14H8F4O3/c15-11-6-2-5-10(13(19)20)12(11)21-9-4-1-3-8(7-9)14(16,17)18/h1-7H,(H,19,20). The van der Waals surface area contributed by atoms with Gasteiger partial charge in [-0.15, -0.1) is 0 Å². The van der Waals surface area contributed by atoms with E-state index < -0.39 is 34.8 Å². The average molecular weight is 300 g/mol. The summed E-state index contributed by atoms with van der Waals surface area (Å²) in [7, 11) is 0. The molecule has 2 rings (SSSR count). The van der Waals surface area contributed by atoms with Crippen LogP contribution < -0.4 is 4.74 Å². The summed E-state index contributed by atoms with van der Waals surface area (Å²) in [5, 5.41) is 8.93. The Bertz CT molecular complexity index is 680. The van der Waals surface area contributed by atoms with E-state index in [1.165, 1.54) is 6.07 Å². The first kappa shape index (κ1) is 14.8. The zero-order valence-corrected chi connectivity index (χ0v) is 10.3. The number of alkyl halides is 3. The number of ether oxygens (including phenoxy) is 1. The molecule has 0 heterocycles. The minimum Gasteiger partial charge on any atom is -0.478 e. The highest BCUT2D eigenvalue weighted by molar-refractivity contribution is 5.91. The molecule has 2 aromatic rings. The molecule has 0 unspecified atom stereocenters. The van der Waals surface area contributed by atoms with E-state index in [0.717, 1.165) is 30.3 Å². The number of halogens is 4. The molecule has 0 amide bonds. The number of para-hydroxylation sites is 1. The molecule has 1 N–H and O–H groups in total. The Labute approximate surface area is 116 Å². The molecule has 0 fully saturated rings. The van der Waals surface area contributed by atoms with E-state index in [-0.39, 0.29) is 5.75 Å². The Hall–Kier alpha value is -2.57. The highest BCUT2D eigenvalue weighted by Crippen LogP contribution is 2.34. The summed E-state index contributed by atoms with van der Waals surface area (Å²) < 4.78 is 56.3. The quantitative estimate of drug-likeness (QED) is 0.858. The molecular formula is C14H8F4O3. The second kappa shape index (κ2) is 5.43. The maximum Gasteiger partial charge on any atom is 0.416 e. The Kier molecular flexibility index (Phi) is 3.84. The first-order chi connectivity index (χ1) is 9.79. The van der Waals surface area contributed by atoms with E-state index in [0.29, 0.717) is 6.07 Å². The monoisotopic (exact) mass is 300 g/mol. The van der Waals surface area contributed by atoms with Crippen LogP contribution in [0.15, 0.2) is 42.5 Å². The van der Waals surface area contributed by atoms with Crippen molar-refractivity contribution in [2.24, 2.45) is 0 Å². The third kappa shape index (κ3) is 3.31. The molecule has 0 aromatic heterocycles. The van der Waals surface area contributed by atoms with Gasteiger partial charge in [0.05, 0.1) is 5.56 Å². The van der Waals surface area contributed by atoms with E-state index in [2.05, 4.69) is 0 Å². The number of carboxylic acids is 1. The average Bonchev–Trinajstić information content (AvgIpc) is 2.40. The van der Waals surface area contributed by atoms with Crippen molar-refractivity contribution in [3.8, 4) is 11.5 Å². The molecule has 21 heavy (non-hydrogen) atoms. The van der Waals surface area contributed by atoms with Gasteiger partial charge in [-0.2, -0.15) is 13.2 Å². The third-order valence-corrected chi connectivity index (χ3v) is 2.58. The fourth-order valence-electron chi connectivity index (χ4n) is 1.63. The number of rotatable bonds is 3. The molecule has 7 heteroatoms. The molecule has 3 nitrogen and oxygen atoms in total. The molecule has 0 atom stereocenters. The highest BCUT2D eigenvalue weighted by atomic mass is 19.4. The second-order valence-electron chi connectivity index (χ2n) is 4.05. The molecule has 0 saturated heterocycles. The van der Waals surface area contributed by atoms with Crippen molar-refractivity contribution in [2.45, 2.75) is 6.18 Å². The minimum atomic E-state index is -4.58. The van der Waals surface area contributed by atoms with Crippen LogP contribution in [0.3, 0.4) is 0 Å². The van der Waals surface area contributed by atoms with Crippen LogP contribution in [0, 0.1) is 5.82 Å². The SMILES string of the molecule is O=C(O)c1cccc(F)c1Oc1cccc(C(F)(F)F)c1. The molecule has 0 aliphatic carbocycles.